The van der Waals surface area contributed by atoms with Gasteiger partial charge in [0.25, 0.3) is 5.69 Å². The molecule has 0 fully saturated rings. The Balaban J connectivity index is 1.65. The highest BCUT2D eigenvalue weighted by Gasteiger charge is 2.12. The summed E-state index contributed by atoms with van der Waals surface area (Å²) < 4.78 is 0. The molecule has 142 valence electrons. The Hall–Kier alpha value is -3.26. The first-order chi connectivity index (χ1) is 13.5. The number of rotatable bonds is 6. The fourth-order valence-corrected chi connectivity index (χ4v) is 3.44. The number of aromatic nitrogens is 1. The van der Waals surface area contributed by atoms with Crippen LogP contribution in [0.5, 0.6) is 0 Å². The van der Waals surface area contributed by atoms with Gasteiger partial charge in [0.15, 0.2) is 0 Å². The van der Waals surface area contributed by atoms with Gasteiger partial charge in [0.2, 0.25) is 5.91 Å². The molecule has 28 heavy (non-hydrogen) atoms. The molecule has 0 unspecified atom stereocenters. The van der Waals surface area contributed by atoms with Gasteiger partial charge in [-0.1, -0.05) is 30.3 Å². The van der Waals surface area contributed by atoms with E-state index in [2.05, 4.69) is 15.5 Å². The SMILES string of the molecule is C/C(=N/NC(=O)CSc1cccc2cccnc12)c1ccc(C)c([N+](=O)[O-])c1. The van der Waals surface area contributed by atoms with Gasteiger partial charge in [-0.15, -0.1) is 11.8 Å². The van der Waals surface area contributed by atoms with Gasteiger partial charge in [0.05, 0.1) is 21.9 Å². The van der Waals surface area contributed by atoms with Crippen LogP contribution < -0.4 is 5.43 Å². The van der Waals surface area contributed by atoms with Crippen molar-refractivity contribution >= 4 is 40.0 Å². The molecule has 3 aromatic rings. The number of benzene rings is 2. The number of para-hydroxylation sites is 1. The molecule has 0 aliphatic rings. The van der Waals surface area contributed by atoms with Crippen LogP contribution in [0.3, 0.4) is 0 Å². The lowest BCUT2D eigenvalue weighted by atomic mass is 10.1. The molecule has 0 spiro atoms. The summed E-state index contributed by atoms with van der Waals surface area (Å²) in [6.07, 6.45) is 1.72. The summed E-state index contributed by atoms with van der Waals surface area (Å²) in [7, 11) is 0. The predicted molar refractivity (Wildman–Crippen MR) is 111 cm³/mol. The lowest BCUT2D eigenvalue weighted by molar-refractivity contribution is -0.385. The number of nitro groups is 1. The second-order valence-electron chi connectivity index (χ2n) is 6.11. The van der Waals surface area contributed by atoms with Crippen LogP contribution in [0.15, 0.2) is 64.7 Å². The van der Waals surface area contributed by atoms with E-state index in [1.807, 2.05) is 30.3 Å². The molecule has 8 heteroatoms. The van der Waals surface area contributed by atoms with Gasteiger partial charge in [-0.05, 0) is 26.0 Å². The zero-order chi connectivity index (χ0) is 20.1. The molecule has 0 saturated carbocycles. The van der Waals surface area contributed by atoms with Crippen LogP contribution in [0.1, 0.15) is 18.1 Å². The van der Waals surface area contributed by atoms with Crippen molar-refractivity contribution in [2.24, 2.45) is 5.10 Å². The van der Waals surface area contributed by atoms with E-state index in [9.17, 15) is 14.9 Å². The van der Waals surface area contributed by atoms with Gasteiger partial charge in [-0.3, -0.25) is 19.9 Å². The maximum absolute atomic E-state index is 12.1. The van der Waals surface area contributed by atoms with Crippen LogP contribution in [0.2, 0.25) is 0 Å². The van der Waals surface area contributed by atoms with E-state index in [4.69, 9.17) is 0 Å². The largest absolute Gasteiger partial charge is 0.272 e. The molecule has 0 bridgehead atoms. The molecule has 0 aliphatic heterocycles. The number of nitrogens with one attached hydrogen (secondary N) is 1. The number of hydrogen-bond donors (Lipinski definition) is 1. The van der Waals surface area contributed by atoms with E-state index in [1.54, 1.807) is 32.2 Å². The average molecular weight is 394 g/mol. The lowest BCUT2D eigenvalue weighted by Gasteiger charge is -2.06. The summed E-state index contributed by atoms with van der Waals surface area (Å²) in [5.41, 5.74) is 5.04. The Morgan fingerprint density at radius 2 is 2.04 bits per heavy atom. The number of nitrogens with zero attached hydrogens (tertiary/aromatic N) is 3. The molecule has 0 saturated heterocycles. The lowest BCUT2D eigenvalue weighted by Crippen LogP contribution is -2.21. The monoisotopic (exact) mass is 394 g/mol. The average Bonchev–Trinajstić information content (AvgIpc) is 2.70. The summed E-state index contributed by atoms with van der Waals surface area (Å²) in [4.78, 5) is 28.1. The first-order valence-electron chi connectivity index (χ1n) is 8.51. The fourth-order valence-electron chi connectivity index (χ4n) is 2.61. The highest BCUT2D eigenvalue weighted by Crippen LogP contribution is 2.25. The molecule has 0 aliphatic carbocycles. The van der Waals surface area contributed by atoms with Crippen LogP contribution >= 0.6 is 11.8 Å². The topological polar surface area (TPSA) is 97.5 Å². The molecule has 1 heterocycles. The van der Waals surface area contributed by atoms with Crippen molar-refractivity contribution in [1.82, 2.24) is 10.4 Å². The smallest absolute Gasteiger partial charge is 0.272 e. The Kier molecular flexibility index (Phi) is 6.00. The number of hydrazone groups is 1. The zero-order valence-electron chi connectivity index (χ0n) is 15.4. The van der Waals surface area contributed by atoms with Crippen molar-refractivity contribution in [2.75, 3.05) is 5.75 Å². The first kappa shape index (κ1) is 19.5. The summed E-state index contributed by atoms with van der Waals surface area (Å²) in [5.74, 6) is -0.0838. The Labute approximate surface area is 166 Å². The van der Waals surface area contributed by atoms with Crippen molar-refractivity contribution in [3.63, 3.8) is 0 Å². The number of hydrogen-bond acceptors (Lipinski definition) is 6. The van der Waals surface area contributed by atoms with E-state index >= 15 is 0 Å². The maximum atomic E-state index is 12.1. The van der Waals surface area contributed by atoms with E-state index < -0.39 is 4.92 Å². The van der Waals surface area contributed by atoms with E-state index in [1.165, 1.54) is 17.8 Å². The van der Waals surface area contributed by atoms with Gasteiger partial charge in [0, 0.05) is 33.7 Å². The highest BCUT2D eigenvalue weighted by atomic mass is 32.2. The molecular formula is C20H18N4O3S. The Morgan fingerprint density at radius 3 is 2.82 bits per heavy atom. The summed E-state index contributed by atoms with van der Waals surface area (Å²) >= 11 is 1.38. The molecule has 0 atom stereocenters. The van der Waals surface area contributed by atoms with Crippen molar-refractivity contribution in [3.8, 4) is 0 Å². The van der Waals surface area contributed by atoms with Crippen LogP contribution in [-0.4, -0.2) is 27.3 Å². The van der Waals surface area contributed by atoms with Crippen molar-refractivity contribution in [2.45, 2.75) is 18.7 Å². The fraction of sp³-hybridized carbons (Fsp3) is 0.150. The third-order valence-corrected chi connectivity index (χ3v) is 5.17. The number of fused-ring (bicyclic) bond motifs is 1. The van der Waals surface area contributed by atoms with Gasteiger partial charge >= 0.3 is 0 Å². The predicted octanol–water partition coefficient (Wildman–Crippen LogP) is 4.08. The van der Waals surface area contributed by atoms with E-state index in [-0.39, 0.29) is 17.3 Å². The van der Waals surface area contributed by atoms with E-state index in [0.717, 1.165) is 15.8 Å². The standard InChI is InChI=1S/C20H18N4O3S/c1-13-8-9-16(11-17(13)24(26)27)14(2)22-23-19(25)12-28-18-7-3-5-15-6-4-10-21-20(15)18/h3-11H,12H2,1-2H3,(H,23,25)/b22-14-. The third kappa shape index (κ3) is 4.52. The van der Waals surface area contributed by atoms with Crippen molar-refractivity contribution in [3.05, 3.63) is 76.0 Å². The van der Waals surface area contributed by atoms with Gasteiger partial charge in [-0.25, -0.2) is 5.43 Å². The second-order valence-corrected chi connectivity index (χ2v) is 7.13. The second kappa shape index (κ2) is 8.62. The minimum atomic E-state index is -0.431. The summed E-state index contributed by atoms with van der Waals surface area (Å²) in [6, 6.07) is 14.5. The Bertz CT molecular complexity index is 1080. The number of amides is 1. The molecule has 7 nitrogen and oxygen atoms in total. The van der Waals surface area contributed by atoms with Crippen LogP contribution in [0.4, 0.5) is 5.69 Å². The Morgan fingerprint density at radius 1 is 1.25 bits per heavy atom. The van der Waals surface area contributed by atoms with Crippen molar-refractivity contribution < 1.29 is 9.72 Å². The number of nitro benzene ring substituents is 1. The maximum Gasteiger partial charge on any atom is 0.272 e. The molecule has 2 aromatic carbocycles. The van der Waals surface area contributed by atoms with Gasteiger partial charge in [-0.2, -0.15) is 5.10 Å². The van der Waals surface area contributed by atoms with Crippen LogP contribution in [-0.2, 0) is 4.79 Å². The quantitative estimate of drug-likeness (QED) is 0.294. The van der Waals surface area contributed by atoms with Crippen LogP contribution in [0.25, 0.3) is 10.9 Å². The van der Waals surface area contributed by atoms with Gasteiger partial charge in [0.1, 0.15) is 0 Å². The molecule has 0 radical (unpaired) electrons. The number of aryl methyl sites for hydroxylation is 1. The van der Waals surface area contributed by atoms with Gasteiger partial charge < -0.3 is 0 Å². The molecule has 1 aromatic heterocycles. The summed E-state index contributed by atoms with van der Waals surface area (Å²) in [5, 5.41) is 16.1. The first-order valence-corrected chi connectivity index (χ1v) is 9.49. The zero-order valence-corrected chi connectivity index (χ0v) is 16.2. The summed E-state index contributed by atoms with van der Waals surface area (Å²) in [6.45, 7) is 3.37. The number of pyridine rings is 1. The molecule has 1 amide bonds. The van der Waals surface area contributed by atoms with Crippen molar-refractivity contribution in [1.29, 1.82) is 0 Å². The molecule has 1 N–H and O–H groups in total. The molecule has 3 rings (SSSR count). The van der Waals surface area contributed by atoms with Crippen LogP contribution in [0, 0.1) is 17.0 Å². The number of carbonyl (C=O) groups is 1. The molecular weight excluding hydrogens is 376 g/mol. The number of carbonyl (C=O) groups excluding carboxylic acids is 1. The minimum absolute atomic E-state index is 0.0254. The number of thioether (sulfide) groups is 1. The highest BCUT2D eigenvalue weighted by molar-refractivity contribution is 8.00. The van der Waals surface area contributed by atoms with E-state index in [0.29, 0.717) is 16.8 Å². The third-order valence-electron chi connectivity index (χ3n) is 4.13. The minimum Gasteiger partial charge on any atom is -0.272 e. The normalized spacial score (nSPS) is 11.4.